The standard InChI is InChI=1S/C14H14ClN3O3S/c1-17(8-11-3-2-6-22-11)9-14(19)16-13-5-4-10(18(20)21)7-12(13)15/h2-7H,8-9H2,1H3,(H,16,19)/p+1. The van der Waals surface area contributed by atoms with E-state index in [0.29, 0.717) is 5.69 Å². The van der Waals surface area contributed by atoms with Crippen LogP contribution in [0.1, 0.15) is 4.88 Å². The molecule has 1 aromatic heterocycles. The van der Waals surface area contributed by atoms with Crippen LogP contribution in [-0.4, -0.2) is 24.4 Å². The highest BCUT2D eigenvalue weighted by atomic mass is 35.5. The van der Waals surface area contributed by atoms with E-state index in [1.165, 1.54) is 23.1 Å². The first-order valence-electron chi connectivity index (χ1n) is 6.53. The summed E-state index contributed by atoms with van der Waals surface area (Å²) in [5.41, 5.74) is 0.268. The number of likely N-dealkylation sites (N-methyl/N-ethyl adjacent to an activating group) is 1. The molecule has 1 atom stereocenters. The van der Waals surface area contributed by atoms with E-state index >= 15 is 0 Å². The molecule has 0 fully saturated rings. The number of benzene rings is 1. The Hall–Kier alpha value is -1.96. The van der Waals surface area contributed by atoms with Gasteiger partial charge in [-0.15, -0.1) is 11.3 Å². The minimum absolute atomic E-state index is 0.108. The Morgan fingerprint density at radius 3 is 2.82 bits per heavy atom. The summed E-state index contributed by atoms with van der Waals surface area (Å²) >= 11 is 7.60. The zero-order valence-corrected chi connectivity index (χ0v) is 13.4. The van der Waals surface area contributed by atoms with E-state index < -0.39 is 4.92 Å². The summed E-state index contributed by atoms with van der Waals surface area (Å²) in [6, 6.07) is 7.97. The Labute approximate surface area is 136 Å². The van der Waals surface area contributed by atoms with Gasteiger partial charge in [0.25, 0.3) is 11.6 Å². The van der Waals surface area contributed by atoms with Crippen LogP contribution >= 0.6 is 22.9 Å². The predicted molar refractivity (Wildman–Crippen MR) is 86.5 cm³/mol. The molecule has 1 amide bonds. The van der Waals surface area contributed by atoms with Crippen LogP contribution in [0.25, 0.3) is 0 Å². The molecule has 0 saturated carbocycles. The van der Waals surface area contributed by atoms with Crippen LogP contribution in [0, 0.1) is 10.1 Å². The van der Waals surface area contributed by atoms with Gasteiger partial charge in [0.2, 0.25) is 0 Å². The summed E-state index contributed by atoms with van der Waals surface area (Å²) in [7, 11) is 1.93. The minimum atomic E-state index is -0.531. The van der Waals surface area contributed by atoms with Crippen LogP contribution in [0.5, 0.6) is 0 Å². The lowest BCUT2D eigenvalue weighted by Crippen LogP contribution is -3.08. The van der Waals surface area contributed by atoms with Crippen LogP contribution in [0.4, 0.5) is 11.4 Å². The minimum Gasteiger partial charge on any atom is -0.325 e. The van der Waals surface area contributed by atoms with Crippen molar-refractivity contribution in [3.63, 3.8) is 0 Å². The summed E-state index contributed by atoms with van der Waals surface area (Å²) in [6.07, 6.45) is 0. The number of nitrogens with one attached hydrogen (secondary N) is 2. The monoisotopic (exact) mass is 340 g/mol. The largest absolute Gasteiger partial charge is 0.325 e. The van der Waals surface area contributed by atoms with Gasteiger partial charge in [-0.2, -0.15) is 0 Å². The number of non-ortho nitro benzene ring substituents is 1. The molecule has 0 radical (unpaired) electrons. The lowest BCUT2D eigenvalue weighted by Gasteiger charge is -2.13. The van der Waals surface area contributed by atoms with Crippen molar-refractivity contribution < 1.29 is 14.6 Å². The Morgan fingerprint density at radius 2 is 2.23 bits per heavy atom. The number of nitrogens with zero attached hydrogens (tertiary/aromatic N) is 1. The third kappa shape index (κ3) is 4.52. The van der Waals surface area contributed by atoms with Gasteiger partial charge < -0.3 is 10.2 Å². The summed E-state index contributed by atoms with van der Waals surface area (Å²) in [5, 5.41) is 15.5. The quantitative estimate of drug-likeness (QED) is 0.623. The fourth-order valence-corrected chi connectivity index (χ4v) is 3.00. The van der Waals surface area contributed by atoms with Gasteiger partial charge in [-0.05, 0) is 17.5 Å². The maximum absolute atomic E-state index is 12.0. The number of anilines is 1. The molecule has 1 unspecified atom stereocenters. The average Bonchev–Trinajstić information content (AvgIpc) is 2.93. The van der Waals surface area contributed by atoms with E-state index in [4.69, 9.17) is 11.6 Å². The van der Waals surface area contributed by atoms with Crippen LogP contribution < -0.4 is 10.2 Å². The van der Waals surface area contributed by atoms with E-state index in [2.05, 4.69) is 5.32 Å². The van der Waals surface area contributed by atoms with Gasteiger partial charge in [-0.3, -0.25) is 14.9 Å². The highest BCUT2D eigenvalue weighted by Gasteiger charge is 2.14. The van der Waals surface area contributed by atoms with Crippen molar-refractivity contribution in [2.75, 3.05) is 18.9 Å². The topological polar surface area (TPSA) is 76.7 Å². The first-order chi connectivity index (χ1) is 10.5. The number of nitro benzene ring substituents is 1. The molecule has 0 spiro atoms. The Kier molecular flexibility index (Phi) is 5.48. The summed E-state index contributed by atoms with van der Waals surface area (Å²) in [5.74, 6) is -0.190. The zero-order chi connectivity index (χ0) is 16.1. The second-order valence-electron chi connectivity index (χ2n) is 4.86. The van der Waals surface area contributed by atoms with Gasteiger partial charge >= 0.3 is 0 Å². The second kappa shape index (κ2) is 7.35. The SMILES string of the molecule is C[NH+](CC(=O)Nc1ccc([N+](=O)[O-])cc1Cl)Cc1cccs1. The molecule has 2 rings (SSSR count). The van der Waals surface area contributed by atoms with Crippen LogP contribution in [0.15, 0.2) is 35.7 Å². The van der Waals surface area contributed by atoms with Crippen molar-refractivity contribution >= 4 is 40.2 Å². The number of halogens is 1. The second-order valence-corrected chi connectivity index (χ2v) is 6.30. The predicted octanol–water partition coefficient (Wildman–Crippen LogP) is 1.96. The molecule has 1 aromatic carbocycles. The molecule has 0 bridgehead atoms. The number of nitro groups is 1. The average molecular weight is 341 g/mol. The summed E-state index contributed by atoms with van der Waals surface area (Å²) in [6.45, 7) is 1.05. The summed E-state index contributed by atoms with van der Waals surface area (Å²) in [4.78, 5) is 24.4. The first-order valence-corrected chi connectivity index (χ1v) is 7.79. The molecular weight excluding hydrogens is 326 g/mol. The maximum Gasteiger partial charge on any atom is 0.279 e. The van der Waals surface area contributed by atoms with Crippen molar-refractivity contribution in [1.29, 1.82) is 0 Å². The van der Waals surface area contributed by atoms with Gasteiger partial charge in [0.15, 0.2) is 6.54 Å². The van der Waals surface area contributed by atoms with Gasteiger partial charge in [0.05, 0.1) is 27.6 Å². The molecule has 8 heteroatoms. The number of hydrogen-bond donors (Lipinski definition) is 2. The number of carbonyl (C=O) groups excluding carboxylic acids is 1. The first kappa shape index (κ1) is 16.4. The fourth-order valence-electron chi connectivity index (χ4n) is 1.96. The Bertz CT molecular complexity index is 676. The Balaban J connectivity index is 1.93. The maximum atomic E-state index is 12.0. The highest BCUT2D eigenvalue weighted by Crippen LogP contribution is 2.26. The molecule has 0 aliphatic rings. The molecule has 0 aliphatic heterocycles. The van der Waals surface area contributed by atoms with Crippen molar-refractivity contribution in [2.24, 2.45) is 0 Å². The number of rotatable bonds is 6. The molecule has 2 aromatic rings. The number of thiophene rings is 1. The van der Waals surface area contributed by atoms with Crippen LogP contribution in [0.2, 0.25) is 5.02 Å². The van der Waals surface area contributed by atoms with E-state index in [9.17, 15) is 14.9 Å². The molecule has 116 valence electrons. The van der Waals surface area contributed by atoms with Crippen molar-refractivity contribution in [2.45, 2.75) is 6.54 Å². The molecule has 22 heavy (non-hydrogen) atoms. The Morgan fingerprint density at radius 1 is 1.45 bits per heavy atom. The number of amides is 1. The smallest absolute Gasteiger partial charge is 0.279 e. The normalized spacial score (nSPS) is 11.9. The number of quaternary nitrogens is 1. The van der Waals surface area contributed by atoms with Gasteiger partial charge in [-0.25, -0.2) is 0 Å². The van der Waals surface area contributed by atoms with Crippen molar-refractivity contribution in [3.8, 4) is 0 Å². The van der Waals surface area contributed by atoms with E-state index in [0.717, 1.165) is 11.4 Å². The fraction of sp³-hybridized carbons (Fsp3) is 0.214. The van der Waals surface area contributed by atoms with Crippen LogP contribution in [0.3, 0.4) is 0 Å². The van der Waals surface area contributed by atoms with Crippen molar-refractivity contribution in [3.05, 3.63) is 55.7 Å². The molecule has 0 saturated heterocycles. The lowest BCUT2D eigenvalue weighted by atomic mass is 10.3. The van der Waals surface area contributed by atoms with Crippen LogP contribution in [-0.2, 0) is 11.3 Å². The van der Waals surface area contributed by atoms with E-state index in [-0.39, 0.29) is 23.2 Å². The van der Waals surface area contributed by atoms with E-state index in [1.807, 2.05) is 24.6 Å². The lowest BCUT2D eigenvalue weighted by molar-refractivity contribution is -0.884. The van der Waals surface area contributed by atoms with Gasteiger partial charge in [-0.1, -0.05) is 17.7 Å². The van der Waals surface area contributed by atoms with Gasteiger partial charge in [0, 0.05) is 12.1 Å². The molecule has 6 nitrogen and oxygen atoms in total. The third-order valence-corrected chi connectivity index (χ3v) is 4.15. The number of carbonyl (C=O) groups is 1. The highest BCUT2D eigenvalue weighted by molar-refractivity contribution is 7.09. The number of hydrogen-bond acceptors (Lipinski definition) is 4. The van der Waals surface area contributed by atoms with Gasteiger partial charge in [0.1, 0.15) is 6.54 Å². The van der Waals surface area contributed by atoms with E-state index in [1.54, 1.807) is 11.3 Å². The molecule has 0 aliphatic carbocycles. The molecular formula is C14H15ClN3O3S+. The zero-order valence-electron chi connectivity index (χ0n) is 11.8. The molecule has 2 N–H and O–H groups in total. The van der Waals surface area contributed by atoms with Crippen molar-refractivity contribution in [1.82, 2.24) is 0 Å². The third-order valence-electron chi connectivity index (χ3n) is 2.96. The molecule has 1 heterocycles. The summed E-state index contributed by atoms with van der Waals surface area (Å²) < 4.78 is 0.